The van der Waals surface area contributed by atoms with Gasteiger partial charge in [0.1, 0.15) is 12.1 Å². The fourth-order valence-corrected chi connectivity index (χ4v) is 3.15. The van der Waals surface area contributed by atoms with Crippen molar-refractivity contribution in [3.05, 3.63) is 0 Å². The first-order valence-corrected chi connectivity index (χ1v) is 8.12. The Morgan fingerprint density at radius 1 is 1.25 bits per heavy atom. The number of hydrogen-bond donors (Lipinski definition) is 3. The Morgan fingerprint density at radius 2 is 1.88 bits per heavy atom. The summed E-state index contributed by atoms with van der Waals surface area (Å²) in [6.07, 6.45) is 2.79. The second-order valence-corrected chi connectivity index (χ2v) is 6.41. The molecule has 2 saturated heterocycles. The van der Waals surface area contributed by atoms with Gasteiger partial charge >= 0.3 is 12.1 Å². The largest absolute Gasteiger partial charge is 0.480 e. The summed E-state index contributed by atoms with van der Waals surface area (Å²) in [4.78, 5) is 37.6. The molecule has 1 spiro atoms. The third kappa shape index (κ3) is 4.59. The van der Waals surface area contributed by atoms with Crippen molar-refractivity contribution in [3.8, 4) is 0 Å². The number of unbranched alkanes of at least 4 members (excludes halogenated alkanes) is 1. The van der Waals surface area contributed by atoms with Gasteiger partial charge in [0, 0.05) is 38.8 Å². The summed E-state index contributed by atoms with van der Waals surface area (Å²) in [5, 5.41) is 16.0. The van der Waals surface area contributed by atoms with E-state index in [-0.39, 0.29) is 24.8 Å². The molecule has 0 saturated carbocycles. The number of hydrogen-bond acceptors (Lipinski definition) is 5. The average Bonchev–Trinajstić information content (AvgIpc) is 2.79. The third-order valence-electron chi connectivity index (χ3n) is 4.48. The molecule has 0 atom stereocenters. The molecule has 2 aliphatic rings. The molecule has 2 heterocycles. The molecule has 2 aliphatic heterocycles. The second-order valence-electron chi connectivity index (χ2n) is 6.41. The fourth-order valence-electron chi connectivity index (χ4n) is 3.15. The topological polar surface area (TPSA) is 137 Å². The lowest BCUT2D eigenvalue weighted by molar-refractivity contribution is -0.137. The van der Waals surface area contributed by atoms with Crippen LogP contribution in [0, 0.1) is 5.41 Å². The highest BCUT2D eigenvalue weighted by molar-refractivity contribution is 5.79. The minimum atomic E-state index is -1.07. The first-order chi connectivity index (χ1) is 11.3. The highest BCUT2D eigenvalue weighted by atomic mass is 16.6. The van der Waals surface area contributed by atoms with Crippen molar-refractivity contribution in [2.45, 2.75) is 44.1 Å². The zero-order chi connectivity index (χ0) is 17.7. The number of likely N-dealkylation sites (tertiary alicyclic amines) is 1. The molecule has 0 aromatic heterocycles. The van der Waals surface area contributed by atoms with Crippen molar-refractivity contribution in [2.75, 3.05) is 26.2 Å². The number of nitrogens with two attached hydrogens (primary N) is 1. The minimum Gasteiger partial charge on any atom is -0.480 e. The Morgan fingerprint density at radius 3 is 2.46 bits per heavy atom. The van der Waals surface area contributed by atoms with Crippen molar-refractivity contribution in [2.24, 2.45) is 5.73 Å². The summed E-state index contributed by atoms with van der Waals surface area (Å²) < 4.78 is 5.40. The van der Waals surface area contributed by atoms with Gasteiger partial charge in [-0.15, -0.1) is 0 Å². The average molecular weight is 340 g/mol. The number of carboxylic acid groups (broad SMARTS) is 1. The molecule has 0 aromatic carbocycles. The molecule has 0 aromatic rings. The van der Waals surface area contributed by atoms with Gasteiger partial charge in [-0.3, -0.25) is 19.9 Å². The number of piperidine rings is 1. The highest BCUT2D eigenvalue weighted by Gasteiger charge is 2.47. The summed E-state index contributed by atoms with van der Waals surface area (Å²) in [6, 6.07) is 0. The minimum absolute atomic E-state index is 0.0557. The standard InChI is InChI=1S/C15H24N4O5/c16-11(17)3-1-2-4-12(20)18-7-5-15(6-8-18)10-19(9-13(21)22)14(23)24-15/h1-10H2,(H3,16,17)(H,21,22). The van der Waals surface area contributed by atoms with Gasteiger partial charge < -0.3 is 20.5 Å². The van der Waals surface area contributed by atoms with Gasteiger partial charge in [0.25, 0.3) is 0 Å². The highest BCUT2D eigenvalue weighted by Crippen LogP contribution is 2.33. The molecular weight excluding hydrogens is 316 g/mol. The van der Waals surface area contributed by atoms with Crippen LogP contribution in [-0.2, 0) is 14.3 Å². The van der Waals surface area contributed by atoms with Crippen LogP contribution in [0.3, 0.4) is 0 Å². The molecule has 0 unspecified atom stereocenters. The summed E-state index contributed by atoms with van der Waals surface area (Å²) >= 11 is 0. The maximum atomic E-state index is 12.2. The van der Waals surface area contributed by atoms with Gasteiger partial charge in [-0.1, -0.05) is 0 Å². The van der Waals surface area contributed by atoms with Crippen LogP contribution in [0.2, 0.25) is 0 Å². The van der Waals surface area contributed by atoms with E-state index in [1.807, 2.05) is 0 Å². The molecule has 9 heteroatoms. The fraction of sp³-hybridized carbons (Fsp3) is 0.733. The van der Waals surface area contributed by atoms with E-state index in [1.165, 1.54) is 4.90 Å². The van der Waals surface area contributed by atoms with Crippen molar-refractivity contribution in [3.63, 3.8) is 0 Å². The van der Waals surface area contributed by atoms with Gasteiger partial charge in [0.05, 0.1) is 12.4 Å². The maximum absolute atomic E-state index is 12.2. The number of ether oxygens (including phenoxy) is 1. The summed E-state index contributed by atoms with van der Waals surface area (Å²) in [7, 11) is 0. The van der Waals surface area contributed by atoms with Crippen LogP contribution in [0.5, 0.6) is 0 Å². The molecule has 2 rings (SSSR count). The second kappa shape index (κ2) is 7.50. The van der Waals surface area contributed by atoms with Gasteiger partial charge in [0.2, 0.25) is 5.91 Å². The normalized spacial score (nSPS) is 19.4. The van der Waals surface area contributed by atoms with Crippen LogP contribution in [0.1, 0.15) is 38.5 Å². The van der Waals surface area contributed by atoms with E-state index in [9.17, 15) is 14.4 Å². The lowest BCUT2D eigenvalue weighted by Gasteiger charge is -2.37. The molecule has 24 heavy (non-hydrogen) atoms. The zero-order valence-electron chi connectivity index (χ0n) is 13.6. The molecule has 2 fully saturated rings. The molecule has 0 radical (unpaired) electrons. The van der Waals surface area contributed by atoms with E-state index in [0.717, 1.165) is 6.42 Å². The summed E-state index contributed by atoms with van der Waals surface area (Å²) in [5.41, 5.74) is 4.61. The quantitative estimate of drug-likeness (QED) is 0.348. The lowest BCUT2D eigenvalue weighted by Crippen LogP contribution is -2.48. The summed E-state index contributed by atoms with van der Waals surface area (Å²) in [5.74, 6) is -0.876. The Labute approximate surface area is 140 Å². The van der Waals surface area contributed by atoms with Gasteiger partial charge in [-0.25, -0.2) is 4.79 Å². The van der Waals surface area contributed by atoms with E-state index in [4.69, 9.17) is 21.0 Å². The monoisotopic (exact) mass is 340 g/mol. The van der Waals surface area contributed by atoms with Gasteiger partial charge in [-0.2, -0.15) is 0 Å². The summed E-state index contributed by atoms with van der Waals surface area (Å²) in [6.45, 7) is 0.900. The van der Waals surface area contributed by atoms with E-state index < -0.39 is 17.7 Å². The predicted molar refractivity (Wildman–Crippen MR) is 84.6 cm³/mol. The molecule has 134 valence electrons. The van der Waals surface area contributed by atoms with Crippen molar-refractivity contribution >= 4 is 23.8 Å². The van der Waals surface area contributed by atoms with Crippen LogP contribution in [-0.4, -0.2) is 70.5 Å². The van der Waals surface area contributed by atoms with Crippen molar-refractivity contribution < 1.29 is 24.2 Å². The van der Waals surface area contributed by atoms with Crippen LogP contribution >= 0.6 is 0 Å². The van der Waals surface area contributed by atoms with Gasteiger partial charge in [0.15, 0.2) is 0 Å². The Bertz CT molecular complexity index is 528. The smallest absolute Gasteiger partial charge is 0.411 e. The molecule has 4 N–H and O–H groups in total. The van der Waals surface area contributed by atoms with Crippen LogP contribution in [0.4, 0.5) is 4.79 Å². The molecule has 9 nitrogen and oxygen atoms in total. The van der Waals surface area contributed by atoms with E-state index >= 15 is 0 Å². The molecule has 0 bridgehead atoms. The van der Waals surface area contributed by atoms with E-state index in [1.54, 1.807) is 4.90 Å². The van der Waals surface area contributed by atoms with Crippen LogP contribution in [0.25, 0.3) is 0 Å². The number of nitrogens with one attached hydrogen (secondary N) is 1. The SMILES string of the molecule is N=C(N)CCCCC(=O)N1CCC2(CC1)CN(CC(=O)O)C(=O)O2. The first-order valence-electron chi connectivity index (χ1n) is 8.12. The maximum Gasteiger partial charge on any atom is 0.411 e. The predicted octanol–water partition coefficient (Wildman–Crippen LogP) is 0.381. The number of carbonyl (C=O) groups excluding carboxylic acids is 2. The Balaban J connectivity index is 1.77. The number of carbonyl (C=O) groups is 3. The number of amides is 2. The van der Waals surface area contributed by atoms with Crippen LogP contribution in [0.15, 0.2) is 0 Å². The first kappa shape index (κ1) is 18.0. The lowest BCUT2D eigenvalue weighted by atomic mass is 9.91. The Kier molecular flexibility index (Phi) is 5.63. The molecular formula is C15H24N4O5. The third-order valence-corrected chi connectivity index (χ3v) is 4.48. The Hall–Kier alpha value is -2.32. The van der Waals surface area contributed by atoms with E-state index in [0.29, 0.717) is 45.2 Å². The zero-order valence-corrected chi connectivity index (χ0v) is 13.6. The molecule has 0 aliphatic carbocycles. The van der Waals surface area contributed by atoms with Crippen LogP contribution < -0.4 is 5.73 Å². The molecule has 2 amide bonds. The van der Waals surface area contributed by atoms with Crippen molar-refractivity contribution in [1.29, 1.82) is 5.41 Å². The van der Waals surface area contributed by atoms with Crippen molar-refractivity contribution in [1.82, 2.24) is 9.80 Å². The number of rotatable bonds is 7. The number of amidine groups is 1. The number of carboxylic acids is 1. The number of aliphatic carboxylic acids is 1. The van der Waals surface area contributed by atoms with E-state index in [2.05, 4.69) is 0 Å². The number of nitrogens with zero attached hydrogens (tertiary/aromatic N) is 2. The van der Waals surface area contributed by atoms with Gasteiger partial charge in [-0.05, 0) is 12.8 Å².